The monoisotopic (exact) mass is 471 g/mol. The summed E-state index contributed by atoms with van der Waals surface area (Å²) >= 11 is 6.09. The van der Waals surface area contributed by atoms with Gasteiger partial charge in [-0.1, -0.05) is 41.4 Å². The van der Waals surface area contributed by atoms with E-state index in [0.717, 1.165) is 11.1 Å². The molecule has 2 amide bonds. The maximum absolute atomic E-state index is 12.6. The minimum atomic E-state index is -3.71. The molecular formula is C23H22ClN3O4S. The molecule has 0 aliphatic rings. The van der Waals surface area contributed by atoms with Crippen LogP contribution in [0.4, 0.5) is 5.69 Å². The van der Waals surface area contributed by atoms with E-state index in [0.29, 0.717) is 11.3 Å². The van der Waals surface area contributed by atoms with Crippen molar-refractivity contribution < 1.29 is 18.0 Å². The van der Waals surface area contributed by atoms with E-state index in [2.05, 4.69) is 15.4 Å². The summed E-state index contributed by atoms with van der Waals surface area (Å²) in [6.45, 7) is 2.11. The number of rotatable bonds is 7. The van der Waals surface area contributed by atoms with Crippen molar-refractivity contribution in [3.8, 4) is 0 Å². The zero-order valence-electron chi connectivity index (χ0n) is 17.5. The van der Waals surface area contributed by atoms with Crippen molar-refractivity contribution in [2.75, 3.05) is 12.4 Å². The number of anilines is 1. The van der Waals surface area contributed by atoms with Gasteiger partial charge in [-0.05, 0) is 62.0 Å². The van der Waals surface area contributed by atoms with Gasteiger partial charge in [0.15, 0.2) is 0 Å². The average Bonchev–Trinajstić information content (AvgIpc) is 2.78. The predicted octanol–water partition coefficient (Wildman–Crippen LogP) is 3.74. The molecule has 0 saturated heterocycles. The van der Waals surface area contributed by atoms with Crippen LogP contribution in [0.15, 0.2) is 71.6 Å². The van der Waals surface area contributed by atoms with Crippen LogP contribution < -0.4 is 15.4 Å². The molecule has 166 valence electrons. The lowest BCUT2D eigenvalue weighted by molar-refractivity contribution is 0.0950. The Labute approximate surface area is 191 Å². The quantitative estimate of drug-likeness (QED) is 0.488. The van der Waals surface area contributed by atoms with Gasteiger partial charge in [0.2, 0.25) is 10.0 Å². The summed E-state index contributed by atoms with van der Waals surface area (Å²) in [7, 11) is -2.42. The highest BCUT2D eigenvalue weighted by molar-refractivity contribution is 7.89. The molecule has 0 aliphatic heterocycles. The molecule has 0 atom stereocenters. The number of hydrogen-bond donors (Lipinski definition) is 3. The Balaban J connectivity index is 1.69. The van der Waals surface area contributed by atoms with Crippen LogP contribution in [0.3, 0.4) is 0 Å². The molecule has 9 heteroatoms. The zero-order valence-corrected chi connectivity index (χ0v) is 19.0. The fourth-order valence-corrected chi connectivity index (χ4v) is 3.87. The Kier molecular flexibility index (Phi) is 7.29. The second-order valence-electron chi connectivity index (χ2n) is 7.05. The van der Waals surface area contributed by atoms with E-state index in [4.69, 9.17) is 11.6 Å². The summed E-state index contributed by atoms with van der Waals surface area (Å²) in [5.74, 6) is -0.752. The molecule has 0 aliphatic carbocycles. The van der Waals surface area contributed by atoms with Gasteiger partial charge in [-0.3, -0.25) is 9.59 Å². The second-order valence-corrected chi connectivity index (χ2v) is 9.35. The number of amides is 2. The number of carbonyl (C=O) groups excluding carboxylic acids is 2. The van der Waals surface area contributed by atoms with Crippen molar-refractivity contribution in [2.45, 2.75) is 18.4 Å². The Bertz CT molecular complexity index is 1260. The SMILES string of the molecule is CNS(=O)(=O)c1ccc(Cl)c(C(=O)NCc2cccc(NC(=O)c3ccc(C)cc3)c2)c1. The van der Waals surface area contributed by atoms with E-state index < -0.39 is 15.9 Å². The molecule has 3 aromatic carbocycles. The van der Waals surface area contributed by atoms with Gasteiger partial charge >= 0.3 is 0 Å². The molecule has 3 aromatic rings. The van der Waals surface area contributed by atoms with E-state index in [1.54, 1.807) is 36.4 Å². The number of hydrogen-bond acceptors (Lipinski definition) is 4. The molecule has 0 aromatic heterocycles. The van der Waals surface area contributed by atoms with Gasteiger partial charge in [-0.2, -0.15) is 0 Å². The third-order valence-electron chi connectivity index (χ3n) is 4.71. The molecule has 0 saturated carbocycles. The summed E-state index contributed by atoms with van der Waals surface area (Å²) < 4.78 is 26.2. The van der Waals surface area contributed by atoms with Crippen molar-refractivity contribution in [3.63, 3.8) is 0 Å². The largest absolute Gasteiger partial charge is 0.348 e. The number of sulfonamides is 1. The Morgan fingerprint density at radius 2 is 1.66 bits per heavy atom. The molecular weight excluding hydrogens is 450 g/mol. The minimum Gasteiger partial charge on any atom is -0.348 e. The topological polar surface area (TPSA) is 104 Å². The van der Waals surface area contributed by atoms with Crippen LogP contribution in [-0.4, -0.2) is 27.3 Å². The van der Waals surface area contributed by atoms with E-state index in [1.807, 2.05) is 19.1 Å². The molecule has 0 heterocycles. The number of benzene rings is 3. The molecule has 0 bridgehead atoms. The van der Waals surface area contributed by atoms with Gasteiger partial charge in [0.05, 0.1) is 15.5 Å². The van der Waals surface area contributed by atoms with E-state index in [1.165, 1.54) is 25.2 Å². The van der Waals surface area contributed by atoms with Crippen LogP contribution in [-0.2, 0) is 16.6 Å². The summed E-state index contributed by atoms with van der Waals surface area (Å²) in [5, 5.41) is 5.69. The first-order valence-electron chi connectivity index (χ1n) is 9.68. The first kappa shape index (κ1) is 23.5. The molecule has 0 fully saturated rings. The summed E-state index contributed by atoms with van der Waals surface area (Å²) in [6, 6.07) is 18.2. The number of nitrogens with one attached hydrogen (secondary N) is 3. The summed E-state index contributed by atoms with van der Waals surface area (Å²) in [6.07, 6.45) is 0. The highest BCUT2D eigenvalue weighted by Gasteiger charge is 2.17. The molecule has 3 N–H and O–H groups in total. The summed E-state index contributed by atoms with van der Waals surface area (Å²) in [4.78, 5) is 25.0. The van der Waals surface area contributed by atoms with Gasteiger partial charge in [0.1, 0.15) is 0 Å². The van der Waals surface area contributed by atoms with E-state index in [-0.39, 0.29) is 27.9 Å². The lowest BCUT2D eigenvalue weighted by atomic mass is 10.1. The minimum absolute atomic E-state index is 0.0480. The van der Waals surface area contributed by atoms with Crippen molar-refractivity contribution in [2.24, 2.45) is 0 Å². The highest BCUT2D eigenvalue weighted by Crippen LogP contribution is 2.21. The lowest BCUT2D eigenvalue weighted by Gasteiger charge is -2.11. The molecule has 7 nitrogen and oxygen atoms in total. The van der Waals surface area contributed by atoms with Crippen molar-refractivity contribution in [1.82, 2.24) is 10.0 Å². The first-order chi connectivity index (χ1) is 15.2. The Hall–Kier alpha value is -3.20. The lowest BCUT2D eigenvalue weighted by Crippen LogP contribution is -2.24. The van der Waals surface area contributed by atoms with Gasteiger partial charge in [0, 0.05) is 17.8 Å². The molecule has 3 rings (SSSR count). The molecule has 32 heavy (non-hydrogen) atoms. The second kappa shape index (κ2) is 9.95. The Morgan fingerprint density at radius 3 is 2.34 bits per heavy atom. The van der Waals surface area contributed by atoms with Crippen LogP contribution in [0.1, 0.15) is 31.8 Å². The normalized spacial score (nSPS) is 11.1. The smallest absolute Gasteiger partial charge is 0.255 e. The summed E-state index contributed by atoms with van der Waals surface area (Å²) in [5.41, 5.74) is 2.98. The molecule has 0 radical (unpaired) electrons. The number of aryl methyl sites for hydroxylation is 1. The van der Waals surface area contributed by atoms with Crippen LogP contribution in [0.5, 0.6) is 0 Å². The van der Waals surface area contributed by atoms with Crippen LogP contribution in [0, 0.1) is 6.92 Å². The standard InChI is InChI=1S/C23H22ClN3O4S/c1-15-6-8-17(9-7-15)22(28)27-18-5-3-4-16(12-18)14-26-23(29)20-13-19(10-11-21(20)24)32(30,31)25-2/h3-13,25H,14H2,1-2H3,(H,26,29)(H,27,28). The fraction of sp³-hybridized carbons (Fsp3) is 0.130. The molecule has 0 unspecified atom stereocenters. The van der Waals surface area contributed by atoms with Gasteiger partial charge in [-0.15, -0.1) is 0 Å². The van der Waals surface area contributed by atoms with Gasteiger partial charge in [-0.25, -0.2) is 13.1 Å². The third kappa shape index (κ3) is 5.73. The fourth-order valence-electron chi connectivity index (χ4n) is 2.91. The van der Waals surface area contributed by atoms with Gasteiger partial charge < -0.3 is 10.6 Å². The van der Waals surface area contributed by atoms with E-state index >= 15 is 0 Å². The van der Waals surface area contributed by atoms with Crippen LogP contribution in [0.2, 0.25) is 5.02 Å². The Morgan fingerprint density at radius 1 is 0.938 bits per heavy atom. The third-order valence-corrected chi connectivity index (χ3v) is 6.45. The van der Waals surface area contributed by atoms with Crippen LogP contribution >= 0.6 is 11.6 Å². The average molecular weight is 472 g/mol. The van der Waals surface area contributed by atoms with Crippen LogP contribution in [0.25, 0.3) is 0 Å². The number of halogens is 1. The number of carbonyl (C=O) groups is 2. The highest BCUT2D eigenvalue weighted by atomic mass is 35.5. The van der Waals surface area contributed by atoms with E-state index in [9.17, 15) is 18.0 Å². The predicted molar refractivity (Wildman–Crippen MR) is 124 cm³/mol. The van der Waals surface area contributed by atoms with Crippen molar-refractivity contribution in [1.29, 1.82) is 0 Å². The van der Waals surface area contributed by atoms with Gasteiger partial charge in [0.25, 0.3) is 11.8 Å². The van der Waals surface area contributed by atoms with Crippen molar-refractivity contribution in [3.05, 3.63) is 94.0 Å². The van der Waals surface area contributed by atoms with Crippen molar-refractivity contribution >= 4 is 39.1 Å². The maximum Gasteiger partial charge on any atom is 0.255 e. The molecule has 0 spiro atoms. The zero-order chi connectivity index (χ0) is 23.3. The maximum atomic E-state index is 12.6. The first-order valence-corrected chi connectivity index (χ1v) is 11.5.